The Morgan fingerprint density at radius 1 is 1.28 bits per heavy atom. The zero-order chi connectivity index (χ0) is 17.6. The van der Waals surface area contributed by atoms with Gasteiger partial charge in [-0.2, -0.15) is 4.68 Å². The van der Waals surface area contributed by atoms with Crippen molar-refractivity contribution >= 4 is 12.2 Å². The topological polar surface area (TPSA) is 53.9 Å². The van der Waals surface area contributed by atoms with Gasteiger partial charge in [-0.3, -0.25) is 0 Å². The van der Waals surface area contributed by atoms with E-state index in [1.54, 1.807) is 16.7 Å². The van der Waals surface area contributed by atoms with Gasteiger partial charge < -0.3 is 18.8 Å². The van der Waals surface area contributed by atoms with Gasteiger partial charge in [0, 0.05) is 0 Å². The lowest BCUT2D eigenvalue weighted by molar-refractivity contribution is -0.953. The van der Waals surface area contributed by atoms with Crippen LogP contribution in [-0.4, -0.2) is 29.5 Å². The summed E-state index contributed by atoms with van der Waals surface area (Å²) >= 11 is 5.33. The first-order valence-electron chi connectivity index (χ1n) is 8.88. The Balaban J connectivity index is 1.60. The van der Waals surface area contributed by atoms with Gasteiger partial charge in [0.05, 0.1) is 19.7 Å². The molecule has 1 aliphatic heterocycles. The number of methoxy groups -OCH3 is 1. The van der Waals surface area contributed by atoms with E-state index < -0.39 is 0 Å². The molecule has 2 atom stereocenters. The van der Waals surface area contributed by atoms with E-state index in [1.165, 1.54) is 32.2 Å². The van der Waals surface area contributed by atoms with Crippen LogP contribution < -0.4 is 14.4 Å². The van der Waals surface area contributed by atoms with E-state index in [9.17, 15) is 0 Å². The highest BCUT2D eigenvalue weighted by molar-refractivity contribution is 7.71. The number of rotatable bonds is 7. The van der Waals surface area contributed by atoms with Crippen molar-refractivity contribution in [2.75, 3.05) is 13.7 Å². The quantitative estimate of drug-likeness (QED) is 0.766. The smallest absolute Gasteiger partial charge is 0.291 e. The molecule has 136 valence electrons. The number of nitrogens with one attached hydrogen (secondary N) is 1. The van der Waals surface area contributed by atoms with Crippen molar-refractivity contribution in [3.63, 3.8) is 0 Å². The number of likely N-dealkylation sites (tertiary alicyclic amines) is 1. The number of ether oxygens (including phenoxy) is 2. The second-order valence-electron chi connectivity index (χ2n) is 6.39. The van der Waals surface area contributed by atoms with Crippen molar-refractivity contribution in [2.24, 2.45) is 0 Å². The van der Waals surface area contributed by atoms with Crippen LogP contribution in [0, 0.1) is 4.84 Å². The fourth-order valence-corrected chi connectivity index (χ4v) is 3.57. The molecule has 0 spiro atoms. The number of hydrogen-bond donors (Lipinski definition) is 1. The Morgan fingerprint density at radius 2 is 2.04 bits per heavy atom. The van der Waals surface area contributed by atoms with Gasteiger partial charge in [-0.15, -0.1) is 5.10 Å². The predicted octanol–water partition coefficient (Wildman–Crippen LogP) is 2.60. The molecule has 0 radical (unpaired) electrons. The average molecular weight is 364 g/mol. The number of nitrogens with zero attached hydrogens (tertiary/aromatic N) is 2. The molecule has 6 nitrogen and oxygen atoms in total. The maximum Gasteiger partial charge on any atom is 0.291 e. The summed E-state index contributed by atoms with van der Waals surface area (Å²) in [5.41, 5.74) is 0. The third-order valence-electron chi connectivity index (χ3n) is 4.79. The number of benzene rings is 1. The van der Waals surface area contributed by atoms with Crippen LogP contribution in [0.3, 0.4) is 0 Å². The van der Waals surface area contributed by atoms with Crippen LogP contribution in [0.25, 0.3) is 0 Å². The summed E-state index contributed by atoms with van der Waals surface area (Å²) in [5.74, 6) is 2.04. The van der Waals surface area contributed by atoms with E-state index in [0.717, 1.165) is 18.2 Å². The van der Waals surface area contributed by atoms with Crippen LogP contribution in [0.2, 0.25) is 0 Å². The lowest BCUT2D eigenvalue weighted by Crippen LogP contribution is -3.15. The number of quaternary nitrogens is 1. The summed E-state index contributed by atoms with van der Waals surface area (Å²) in [6.07, 6.45) is 5.07. The van der Waals surface area contributed by atoms with Gasteiger partial charge in [0.25, 0.3) is 10.7 Å². The van der Waals surface area contributed by atoms with Gasteiger partial charge in [0.2, 0.25) is 0 Å². The molecule has 7 heteroatoms. The molecular weight excluding hydrogens is 338 g/mol. The molecule has 1 saturated heterocycles. The second-order valence-corrected chi connectivity index (χ2v) is 6.74. The molecule has 1 N–H and O–H groups in total. The lowest BCUT2D eigenvalue weighted by Gasteiger charge is -2.31. The van der Waals surface area contributed by atoms with E-state index in [2.05, 4.69) is 12.0 Å². The van der Waals surface area contributed by atoms with E-state index in [1.807, 2.05) is 24.3 Å². The average Bonchev–Trinajstić information content (AvgIpc) is 3.00. The molecule has 1 fully saturated rings. The fourth-order valence-electron chi connectivity index (χ4n) is 3.37. The second kappa shape index (κ2) is 8.49. The Morgan fingerprint density at radius 3 is 2.76 bits per heavy atom. The standard InChI is InChI=1S/C18H25N3O3S/c1-3-14-6-4-5-11-20(14)13-21-18(25)24-17(19-21)12-23-16-9-7-15(22-2)8-10-16/h7-10,14H,3-6,11-13H2,1-2H3/p+1/t14-/m1/s1. The molecule has 1 aliphatic rings. The summed E-state index contributed by atoms with van der Waals surface area (Å²) in [4.78, 5) is 1.96. The zero-order valence-electron chi connectivity index (χ0n) is 14.9. The number of aromatic nitrogens is 2. The third-order valence-corrected chi connectivity index (χ3v) is 5.09. The Hall–Kier alpha value is -1.86. The van der Waals surface area contributed by atoms with Gasteiger partial charge in [-0.05, 0) is 62.2 Å². The maximum absolute atomic E-state index is 5.71. The monoisotopic (exact) mass is 364 g/mol. The Bertz CT molecular complexity index is 726. The van der Waals surface area contributed by atoms with Crippen LogP contribution >= 0.6 is 12.2 Å². The highest BCUT2D eigenvalue weighted by Crippen LogP contribution is 2.18. The molecule has 2 aromatic rings. The third kappa shape index (κ3) is 4.61. The molecule has 0 amide bonds. The van der Waals surface area contributed by atoms with E-state index in [-0.39, 0.29) is 6.61 Å². The first kappa shape index (κ1) is 17.9. The minimum Gasteiger partial charge on any atom is -0.497 e. The molecule has 0 saturated carbocycles. The normalized spacial score (nSPS) is 20.4. The molecule has 0 bridgehead atoms. The van der Waals surface area contributed by atoms with E-state index >= 15 is 0 Å². The highest BCUT2D eigenvalue weighted by Gasteiger charge is 2.25. The molecule has 3 rings (SSSR count). The number of hydrogen-bond acceptors (Lipinski definition) is 5. The molecular formula is C18H26N3O3S+. The predicted molar refractivity (Wildman–Crippen MR) is 96.4 cm³/mol. The summed E-state index contributed by atoms with van der Waals surface area (Å²) in [6, 6.07) is 8.11. The fraction of sp³-hybridized carbons (Fsp3) is 0.556. The van der Waals surface area contributed by atoms with Crippen molar-refractivity contribution in [3.8, 4) is 11.5 Å². The minimum atomic E-state index is 0.259. The summed E-state index contributed by atoms with van der Waals surface area (Å²) in [5, 5.41) is 4.50. The Kier molecular flexibility index (Phi) is 6.09. The molecule has 25 heavy (non-hydrogen) atoms. The molecule has 1 unspecified atom stereocenters. The van der Waals surface area contributed by atoms with Gasteiger partial charge in [-0.1, -0.05) is 6.92 Å². The van der Waals surface area contributed by atoms with Crippen LogP contribution in [0.1, 0.15) is 38.5 Å². The van der Waals surface area contributed by atoms with Crippen molar-refractivity contribution in [3.05, 3.63) is 35.0 Å². The highest BCUT2D eigenvalue weighted by atomic mass is 32.1. The van der Waals surface area contributed by atoms with Crippen LogP contribution in [0.15, 0.2) is 28.7 Å². The van der Waals surface area contributed by atoms with Crippen LogP contribution in [0.4, 0.5) is 0 Å². The van der Waals surface area contributed by atoms with E-state index in [4.69, 9.17) is 26.1 Å². The zero-order valence-corrected chi connectivity index (χ0v) is 15.7. The number of piperidine rings is 1. The maximum atomic E-state index is 5.71. The molecule has 2 heterocycles. The summed E-state index contributed by atoms with van der Waals surface area (Å²) in [7, 11) is 1.64. The van der Waals surface area contributed by atoms with Gasteiger partial charge in [0.1, 0.15) is 11.5 Å². The van der Waals surface area contributed by atoms with Gasteiger partial charge >= 0.3 is 0 Å². The summed E-state index contributed by atoms with van der Waals surface area (Å²) < 4.78 is 18.2. The lowest BCUT2D eigenvalue weighted by atomic mass is 10.0. The van der Waals surface area contributed by atoms with Crippen molar-refractivity contribution in [1.29, 1.82) is 0 Å². The van der Waals surface area contributed by atoms with Gasteiger partial charge in [-0.25, -0.2) is 0 Å². The SMILES string of the molecule is CC[C@@H]1CCCC[NH+]1Cn1nc(COc2ccc(OC)cc2)oc1=S. The van der Waals surface area contributed by atoms with Crippen molar-refractivity contribution in [1.82, 2.24) is 9.78 Å². The van der Waals surface area contributed by atoms with E-state index in [0.29, 0.717) is 16.8 Å². The molecule has 0 aliphatic carbocycles. The van der Waals surface area contributed by atoms with Crippen molar-refractivity contribution < 1.29 is 18.8 Å². The molecule has 1 aromatic carbocycles. The first-order chi connectivity index (χ1) is 12.2. The van der Waals surface area contributed by atoms with Crippen LogP contribution in [0.5, 0.6) is 11.5 Å². The summed E-state index contributed by atoms with van der Waals surface area (Å²) in [6.45, 7) is 4.45. The largest absolute Gasteiger partial charge is 0.497 e. The minimum absolute atomic E-state index is 0.259. The van der Waals surface area contributed by atoms with Crippen molar-refractivity contribution in [2.45, 2.75) is 51.9 Å². The van der Waals surface area contributed by atoms with Gasteiger partial charge in [0.15, 0.2) is 13.3 Å². The Labute approximate surface area is 153 Å². The first-order valence-corrected chi connectivity index (χ1v) is 9.28. The van der Waals surface area contributed by atoms with Crippen LogP contribution in [-0.2, 0) is 13.3 Å². The molecule has 1 aromatic heterocycles.